The van der Waals surface area contributed by atoms with Crippen molar-refractivity contribution in [2.75, 3.05) is 20.1 Å². The Bertz CT molecular complexity index is 530. The molecular formula is C12H21N3O3S. The molecule has 0 bridgehead atoms. The van der Waals surface area contributed by atoms with Crippen LogP contribution in [0.3, 0.4) is 0 Å². The lowest BCUT2D eigenvalue weighted by Crippen LogP contribution is -2.51. The zero-order valence-corrected chi connectivity index (χ0v) is 12.5. The van der Waals surface area contributed by atoms with Gasteiger partial charge in [-0.2, -0.15) is 0 Å². The van der Waals surface area contributed by atoms with E-state index >= 15 is 0 Å². The number of aryl methyl sites for hydroxylation is 1. The molecule has 1 aliphatic heterocycles. The van der Waals surface area contributed by atoms with E-state index in [0.717, 1.165) is 12.8 Å². The number of aromatic nitrogens is 1. The molecule has 1 N–H and O–H groups in total. The van der Waals surface area contributed by atoms with Crippen molar-refractivity contribution < 1.29 is 12.9 Å². The normalized spacial score (nSPS) is 20.6. The van der Waals surface area contributed by atoms with E-state index in [-0.39, 0.29) is 11.3 Å². The summed E-state index contributed by atoms with van der Waals surface area (Å²) in [6, 6.07) is 1.67. The van der Waals surface area contributed by atoms with Crippen molar-refractivity contribution in [2.24, 2.45) is 0 Å². The number of sulfonamides is 1. The molecule has 108 valence electrons. The van der Waals surface area contributed by atoms with Gasteiger partial charge in [0, 0.05) is 24.7 Å². The maximum atomic E-state index is 12.3. The molecule has 0 saturated carbocycles. The third-order valence-electron chi connectivity index (χ3n) is 3.83. The summed E-state index contributed by atoms with van der Waals surface area (Å²) in [7, 11) is -1.38. The van der Waals surface area contributed by atoms with E-state index in [2.05, 4.69) is 17.4 Å². The van der Waals surface area contributed by atoms with Crippen LogP contribution in [0, 0.1) is 6.92 Å². The first kappa shape index (κ1) is 14.5. The van der Waals surface area contributed by atoms with Gasteiger partial charge in [0.05, 0.1) is 0 Å². The smallest absolute Gasteiger partial charge is 0.219 e. The first-order valence-electron chi connectivity index (χ1n) is 6.44. The second kappa shape index (κ2) is 5.22. The van der Waals surface area contributed by atoms with Gasteiger partial charge in [-0.1, -0.05) is 5.16 Å². The van der Waals surface area contributed by atoms with Crippen molar-refractivity contribution in [3.8, 4) is 0 Å². The van der Waals surface area contributed by atoms with Crippen LogP contribution in [-0.4, -0.2) is 43.6 Å². The Labute approximate surface area is 114 Å². The second-order valence-corrected chi connectivity index (χ2v) is 7.36. The van der Waals surface area contributed by atoms with Crippen LogP contribution in [0.25, 0.3) is 0 Å². The Morgan fingerprint density at radius 3 is 2.58 bits per heavy atom. The van der Waals surface area contributed by atoms with E-state index in [1.54, 1.807) is 17.3 Å². The lowest BCUT2D eigenvalue weighted by atomic mass is 9.91. The molecule has 0 aliphatic carbocycles. The topological polar surface area (TPSA) is 75.4 Å². The van der Waals surface area contributed by atoms with E-state index in [4.69, 9.17) is 4.52 Å². The molecule has 0 radical (unpaired) electrons. The summed E-state index contributed by atoms with van der Waals surface area (Å²) in [5, 5.41) is 7.00. The molecule has 7 heteroatoms. The highest BCUT2D eigenvalue weighted by molar-refractivity contribution is 7.88. The second-order valence-electron chi connectivity index (χ2n) is 5.39. The van der Waals surface area contributed by atoms with E-state index < -0.39 is 10.0 Å². The Balaban J connectivity index is 2.02. The minimum absolute atomic E-state index is 0.0382. The molecule has 1 fully saturated rings. The quantitative estimate of drug-likeness (QED) is 0.890. The number of nitrogens with zero attached hydrogens (tertiary/aromatic N) is 2. The van der Waals surface area contributed by atoms with Gasteiger partial charge >= 0.3 is 0 Å². The van der Waals surface area contributed by atoms with Crippen molar-refractivity contribution in [2.45, 2.75) is 38.0 Å². The first-order chi connectivity index (χ1) is 8.85. The monoisotopic (exact) mass is 287 g/mol. The highest BCUT2D eigenvalue weighted by Crippen LogP contribution is 2.24. The van der Waals surface area contributed by atoms with Crippen LogP contribution < -0.4 is 5.32 Å². The average molecular weight is 287 g/mol. The van der Waals surface area contributed by atoms with Crippen LogP contribution in [-0.2, 0) is 15.8 Å². The lowest BCUT2D eigenvalue weighted by Gasteiger charge is -2.38. The largest absolute Gasteiger partial charge is 0.361 e. The Hall–Kier alpha value is -0.920. The van der Waals surface area contributed by atoms with Crippen LogP contribution in [0.4, 0.5) is 0 Å². The number of nitrogens with one attached hydrogen (secondary N) is 1. The Kier molecular flexibility index (Phi) is 3.98. The fourth-order valence-electron chi connectivity index (χ4n) is 2.27. The van der Waals surface area contributed by atoms with Crippen LogP contribution >= 0.6 is 0 Å². The molecule has 0 unspecified atom stereocenters. The third kappa shape index (κ3) is 3.34. The standard InChI is InChI=1S/C12H21N3O3S/c1-10-8-11(14-18-10)9-19(16,17)15-6-4-12(2,13-3)5-7-15/h8,13H,4-7,9H2,1-3H3. The molecule has 1 aliphatic rings. The van der Waals surface area contributed by atoms with Gasteiger partial charge < -0.3 is 9.84 Å². The molecule has 1 aromatic rings. The van der Waals surface area contributed by atoms with E-state index in [1.807, 2.05) is 7.05 Å². The number of rotatable bonds is 4. The summed E-state index contributed by atoms with van der Waals surface area (Å²) in [6.07, 6.45) is 1.64. The summed E-state index contributed by atoms with van der Waals surface area (Å²) in [5.41, 5.74) is 0.510. The fourth-order valence-corrected chi connectivity index (χ4v) is 3.70. The summed E-state index contributed by atoms with van der Waals surface area (Å²) < 4.78 is 31.0. The molecule has 2 rings (SSSR count). The van der Waals surface area contributed by atoms with Gasteiger partial charge in [0.2, 0.25) is 10.0 Å². The van der Waals surface area contributed by atoms with Crippen LogP contribution in [0.5, 0.6) is 0 Å². The SMILES string of the molecule is CNC1(C)CCN(S(=O)(=O)Cc2cc(C)on2)CC1. The summed E-state index contributed by atoms with van der Waals surface area (Å²) in [5.74, 6) is 0.548. The highest BCUT2D eigenvalue weighted by atomic mass is 32.2. The molecule has 1 saturated heterocycles. The highest BCUT2D eigenvalue weighted by Gasteiger charge is 2.33. The zero-order chi connectivity index (χ0) is 14.1. The van der Waals surface area contributed by atoms with Gasteiger partial charge in [0.15, 0.2) is 0 Å². The molecule has 0 aromatic carbocycles. The third-order valence-corrected chi connectivity index (χ3v) is 5.64. The van der Waals surface area contributed by atoms with Crippen molar-refractivity contribution in [3.63, 3.8) is 0 Å². The summed E-state index contributed by atoms with van der Waals surface area (Å²) in [4.78, 5) is 0. The van der Waals surface area contributed by atoms with Crippen LogP contribution in [0.2, 0.25) is 0 Å². The maximum absolute atomic E-state index is 12.3. The van der Waals surface area contributed by atoms with Crippen molar-refractivity contribution in [3.05, 3.63) is 17.5 Å². The van der Waals surface area contributed by atoms with Gasteiger partial charge in [-0.15, -0.1) is 0 Å². The molecular weight excluding hydrogens is 266 g/mol. The van der Waals surface area contributed by atoms with Crippen LogP contribution in [0.15, 0.2) is 10.6 Å². The van der Waals surface area contributed by atoms with E-state index in [9.17, 15) is 8.42 Å². The minimum atomic E-state index is -3.30. The van der Waals surface area contributed by atoms with Gasteiger partial charge in [0.1, 0.15) is 17.2 Å². The molecule has 0 amide bonds. The molecule has 19 heavy (non-hydrogen) atoms. The van der Waals surface area contributed by atoms with Crippen molar-refractivity contribution in [1.29, 1.82) is 0 Å². The van der Waals surface area contributed by atoms with Crippen LogP contribution in [0.1, 0.15) is 31.2 Å². The number of piperidine rings is 1. The lowest BCUT2D eigenvalue weighted by molar-refractivity contribution is 0.219. The maximum Gasteiger partial charge on any atom is 0.219 e. The predicted molar refractivity (Wildman–Crippen MR) is 72.1 cm³/mol. The summed E-state index contributed by atoms with van der Waals surface area (Å²) in [6.45, 7) is 4.98. The van der Waals surface area contributed by atoms with E-state index in [0.29, 0.717) is 24.5 Å². The van der Waals surface area contributed by atoms with E-state index in [1.165, 1.54) is 0 Å². The Morgan fingerprint density at radius 1 is 1.47 bits per heavy atom. The van der Waals surface area contributed by atoms with Crippen molar-refractivity contribution >= 4 is 10.0 Å². The molecule has 2 heterocycles. The molecule has 1 aromatic heterocycles. The fraction of sp³-hybridized carbons (Fsp3) is 0.750. The average Bonchev–Trinajstić information content (AvgIpc) is 2.74. The van der Waals surface area contributed by atoms with Gasteiger partial charge in [-0.25, -0.2) is 12.7 Å². The Morgan fingerprint density at radius 2 is 2.11 bits per heavy atom. The molecule has 0 atom stereocenters. The predicted octanol–water partition coefficient (Wildman–Crippen LogP) is 0.887. The number of hydrogen-bond donors (Lipinski definition) is 1. The van der Waals surface area contributed by atoms with Gasteiger partial charge in [-0.3, -0.25) is 0 Å². The van der Waals surface area contributed by atoms with Gasteiger partial charge in [-0.05, 0) is 33.7 Å². The molecule has 0 spiro atoms. The molecule has 6 nitrogen and oxygen atoms in total. The first-order valence-corrected chi connectivity index (χ1v) is 8.04. The number of hydrogen-bond acceptors (Lipinski definition) is 5. The van der Waals surface area contributed by atoms with Crippen molar-refractivity contribution in [1.82, 2.24) is 14.8 Å². The summed E-state index contributed by atoms with van der Waals surface area (Å²) >= 11 is 0. The minimum Gasteiger partial charge on any atom is -0.361 e. The zero-order valence-electron chi connectivity index (χ0n) is 11.6. The van der Waals surface area contributed by atoms with Gasteiger partial charge in [0.25, 0.3) is 0 Å².